The maximum atomic E-state index is 13.0. The van der Waals surface area contributed by atoms with Crippen molar-refractivity contribution in [3.8, 4) is 11.8 Å². The van der Waals surface area contributed by atoms with Crippen LogP contribution in [0.5, 0.6) is 5.75 Å². The van der Waals surface area contributed by atoms with Gasteiger partial charge >= 0.3 is 0 Å². The number of hydrogen-bond donors (Lipinski definition) is 0. The molecule has 208 valence electrons. The van der Waals surface area contributed by atoms with Crippen LogP contribution in [0.15, 0.2) is 72.8 Å². The minimum Gasteiger partial charge on any atom is -0.497 e. The van der Waals surface area contributed by atoms with Crippen molar-refractivity contribution in [2.75, 3.05) is 57.8 Å². The Bertz CT molecular complexity index is 1290. The summed E-state index contributed by atoms with van der Waals surface area (Å²) < 4.78 is 11.8. The first-order chi connectivity index (χ1) is 19.6. The molecule has 3 aromatic rings. The number of rotatable bonds is 10. The number of nitrogens with zero attached hydrogens (tertiary/aromatic N) is 4. The fourth-order valence-corrected chi connectivity index (χ4v) is 5.47. The number of piperazine rings is 1. The van der Waals surface area contributed by atoms with Crippen molar-refractivity contribution in [2.24, 2.45) is 0 Å². The summed E-state index contributed by atoms with van der Waals surface area (Å²) in [5, 5.41) is 9.12. The van der Waals surface area contributed by atoms with Crippen molar-refractivity contribution in [3.63, 3.8) is 0 Å². The lowest BCUT2D eigenvalue weighted by molar-refractivity contribution is -0.132. The minimum absolute atomic E-state index is 0.0975. The van der Waals surface area contributed by atoms with Gasteiger partial charge in [0.15, 0.2) is 0 Å². The van der Waals surface area contributed by atoms with Gasteiger partial charge in [0.05, 0.1) is 37.9 Å². The van der Waals surface area contributed by atoms with Crippen LogP contribution in [0, 0.1) is 11.3 Å². The average molecular weight is 539 g/mol. The van der Waals surface area contributed by atoms with Crippen LogP contribution in [0.4, 0.5) is 5.69 Å². The average Bonchev–Trinajstić information content (AvgIpc) is 3.56. The van der Waals surface area contributed by atoms with Gasteiger partial charge in [-0.3, -0.25) is 9.69 Å². The van der Waals surface area contributed by atoms with Crippen LogP contribution in [0.1, 0.15) is 41.2 Å². The summed E-state index contributed by atoms with van der Waals surface area (Å²) >= 11 is 0. The van der Waals surface area contributed by atoms with Crippen LogP contribution in [-0.2, 0) is 22.6 Å². The number of nitriles is 1. The normalized spacial score (nSPS) is 16.5. The Morgan fingerprint density at radius 3 is 2.27 bits per heavy atom. The monoisotopic (exact) mass is 538 g/mol. The Balaban J connectivity index is 1.22. The number of amides is 1. The van der Waals surface area contributed by atoms with E-state index in [1.54, 1.807) is 7.11 Å². The van der Waals surface area contributed by atoms with Gasteiger partial charge in [0, 0.05) is 51.5 Å². The first kappa shape index (κ1) is 27.7. The van der Waals surface area contributed by atoms with E-state index in [-0.39, 0.29) is 12.0 Å². The molecule has 1 atom stereocenters. The minimum atomic E-state index is -0.0975. The summed E-state index contributed by atoms with van der Waals surface area (Å²) in [5.74, 6) is 0.962. The molecule has 40 heavy (non-hydrogen) atoms. The van der Waals surface area contributed by atoms with Crippen molar-refractivity contribution in [3.05, 3.63) is 95.1 Å². The molecule has 7 nitrogen and oxygen atoms in total. The van der Waals surface area contributed by atoms with Gasteiger partial charge in [0.1, 0.15) is 5.75 Å². The number of benzene rings is 3. The summed E-state index contributed by atoms with van der Waals surface area (Å²) in [7, 11) is 1.65. The summed E-state index contributed by atoms with van der Waals surface area (Å²) in [6.45, 7) is 6.51. The number of ether oxygens (including phenoxy) is 2. The van der Waals surface area contributed by atoms with Gasteiger partial charge in [-0.05, 0) is 65.9 Å². The lowest BCUT2D eigenvalue weighted by atomic mass is 10.1. The van der Waals surface area contributed by atoms with Gasteiger partial charge < -0.3 is 19.3 Å². The number of carbonyl (C=O) groups excluding carboxylic acids is 1. The van der Waals surface area contributed by atoms with E-state index in [9.17, 15) is 4.79 Å². The second-order valence-corrected chi connectivity index (χ2v) is 10.6. The van der Waals surface area contributed by atoms with Crippen molar-refractivity contribution in [1.29, 1.82) is 5.26 Å². The van der Waals surface area contributed by atoms with E-state index >= 15 is 0 Å². The molecule has 0 aliphatic carbocycles. The highest BCUT2D eigenvalue weighted by Gasteiger charge is 2.25. The van der Waals surface area contributed by atoms with Gasteiger partial charge in [0.25, 0.3) is 0 Å². The van der Waals surface area contributed by atoms with Crippen LogP contribution >= 0.6 is 0 Å². The molecule has 7 heteroatoms. The van der Waals surface area contributed by atoms with E-state index in [0.29, 0.717) is 31.7 Å². The third kappa shape index (κ3) is 7.20. The fraction of sp³-hybridized carbons (Fsp3) is 0.394. The molecule has 2 heterocycles. The molecular formula is C33H38N4O3. The summed E-state index contributed by atoms with van der Waals surface area (Å²) in [5.41, 5.74) is 5.14. The van der Waals surface area contributed by atoms with Crippen LogP contribution in [0.2, 0.25) is 0 Å². The largest absolute Gasteiger partial charge is 0.497 e. The van der Waals surface area contributed by atoms with E-state index in [2.05, 4.69) is 40.1 Å². The standard InChI is InChI=1S/C33H38N4O3/c1-39-31-13-11-26(12-14-31)21-33(38)37-19-17-35(18-20-37)24-32(40-25-28-9-7-27(23-34)8-10-28)29-5-4-6-30(22-29)36-15-2-3-16-36/h4-14,22,32H,2-3,15-21,24-25H2,1H3/t32-/m0/s1. The SMILES string of the molecule is COc1ccc(CC(=O)N2CCN(C[C@H](OCc3ccc(C#N)cc3)c3cccc(N4CCCC4)c3)CC2)cc1. The molecule has 0 unspecified atom stereocenters. The first-order valence-corrected chi connectivity index (χ1v) is 14.2. The zero-order valence-corrected chi connectivity index (χ0v) is 23.3. The van der Waals surface area contributed by atoms with Gasteiger partial charge in [0.2, 0.25) is 5.91 Å². The maximum absolute atomic E-state index is 13.0. The van der Waals surface area contributed by atoms with Gasteiger partial charge in [-0.1, -0.05) is 36.4 Å². The van der Waals surface area contributed by atoms with Gasteiger partial charge in [-0.15, -0.1) is 0 Å². The Morgan fingerprint density at radius 2 is 1.60 bits per heavy atom. The van der Waals surface area contributed by atoms with Gasteiger partial charge in [-0.25, -0.2) is 0 Å². The Kier molecular flexibility index (Phi) is 9.33. The second kappa shape index (κ2) is 13.5. The lowest BCUT2D eigenvalue weighted by Gasteiger charge is -2.36. The second-order valence-electron chi connectivity index (χ2n) is 10.6. The van der Waals surface area contributed by atoms with Crippen LogP contribution in [0.25, 0.3) is 0 Å². The fourth-order valence-electron chi connectivity index (χ4n) is 5.47. The Labute approximate surface area is 237 Å². The number of methoxy groups -OCH3 is 1. The predicted octanol–water partition coefficient (Wildman–Crippen LogP) is 4.81. The Hall–Kier alpha value is -3.86. The number of hydrogen-bond acceptors (Lipinski definition) is 6. The third-order valence-electron chi connectivity index (χ3n) is 7.91. The van der Waals surface area contributed by atoms with E-state index in [4.69, 9.17) is 14.7 Å². The summed E-state index contributed by atoms with van der Waals surface area (Å²) in [6.07, 6.45) is 2.79. The molecule has 3 aromatic carbocycles. The molecule has 2 fully saturated rings. The smallest absolute Gasteiger partial charge is 0.227 e. The lowest BCUT2D eigenvalue weighted by Crippen LogP contribution is -2.50. The van der Waals surface area contributed by atoms with E-state index < -0.39 is 0 Å². The number of anilines is 1. The van der Waals surface area contributed by atoms with Gasteiger partial charge in [-0.2, -0.15) is 5.26 Å². The molecule has 2 aliphatic heterocycles. The van der Waals surface area contributed by atoms with Crippen molar-refractivity contribution < 1.29 is 14.3 Å². The molecular weight excluding hydrogens is 500 g/mol. The van der Waals surface area contributed by atoms with Crippen molar-refractivity contribution in [2.45, 2.75) is 32.0 Å². The summed E-state index contributed by atoms with van der Waals surface area (Å²) in [4.78, 5) is 19.8. The molecule has 5 rings (SSSR count). The molecule has 2 saturated heterocycles. The molecule has 0 spiro atoms. The molecule has 0 bridgehead atoms. The molecule has 0 radical (unpaired) electrons. The zero-order chi connectivity index (χ0) is 27.7. The first-order valence-electron chi connectivity index (χ1n) is 14.2. The third-order valence-corrected chi connectivity index (χ3v) is 7.91. The molecule has 0 aromatic heterocycles. The predicted molar refractivity (Wildman–Crippen MR) is 156 cm³/mol. The highest BCUT2D eigenvalue weighted by atomic mass is 16.5. The van der Waals surface area contributed by atoms with Crippen molar-refractivity contribution in [1.82, 2.24) is 9.80 Å². The molecule has 1 amide bonds. The number of carbonyl (C=O) groups is 1. The van der Waals surface area contributed by atoms with Crippen LogP contribution in [0.3, 0.4) is 0 Å². The topological polar surface area (TPSA) is 69.0 Å². The van der Waals surface area contributed by atoms with E-state index in [0.717, 1.165) is 49.6 Å². The maximum Gasteiger partial charge on any atom is 0.227 e. The Morgan fingerprint density at radius 1 is 0.900 bits per heavy atom. The zero-order valence-electron chi connectivity index (χ0n) is 23.3. The summed E-state index contributed by atoms with van der Waals surface area (Å²) in [6, 6.07) is 26.3. The quantitative estimate of drug-likeness (QED) is 0.369. The molecule has 0 N–H and O–H groups in total. The molecule has 0 saturated carbocycles. The van der Waals surface area contributed by atoms with E-state index in [1.807, 2.05) is 53.4 Å². The van der Waals surface area contributed by atoms with Crippen LogP contribution < -0.4 is 9.64 Å². The van der Waals surface area contributed by atoms with E-state index in [1.165, 1.54) is 24.1 Å². The highest BCUT2D eigenvalue weighted by molar-refractivity contribution is 5.79. The van der Waals surface area contributed by atoms with Crippen molar-refractivity contribution >= 4 is 11.6 Å². The van der Waals surface area contributed by atoms with Crippen LogP contribution in [-0.4, -0.2) is 68.6 Å². The highest BCUT2D eigenvalue weighted by Crippen LogP contribution is 2.28. The molecule has 2 aliphatic rings.